The van der Waals surface area contributed by atoms with Crippen LogP contribution in [-0.2, 0) is 0 Å². The summed E-state index contributed by atoms with van der Waals surface area (Å²) in [6, 6.07) is 1.61. The van der Waals surface area contributed by atoms with Crippen LogP contribution in [0.4, 0.5) is 11.8 Å². The van der Waals surface area contributed by atoms with Crippen molar-refractivity contribution < 1.29 is 10.2 Å². The molecule has 1 fully saturated rings. The fraction of sp³-hybridized carbons (Fsp3) is 0.444. The Hall–Kier alpha value is -2.36. The number of thiazole rings is 1. The summed E-state index contributed by atoms with van der Waals surface area (Å²) < 4.78 is 1.03. The average molecular weight is 386 g/mol. The summed E-state index contributed by atoms with van der Waals surface area (Å²) in [5.41, 5.74) is 9.04. The number of aryl methyl sites for hydroxylation is 2. The van der Waals surface area contributed by atoms with Gasteiger partial charge in [-0.25, -0.2) is 9.97 Å². The lowest BCUT2D eigenvalue weighted by Crippen LogP contribution is -2.35. The summed E-state index contributed by atoms with van der Waals surface area (Å²) in [7, 11) is 0. The van der Waals surface area contributed by atoms with Crippen LogP contribution in [0.1, 0.15) is 24.7 Å². The summed E-state index contributed by atoms with van der Waals surface area (Å²) in [4.78, 5) is 17.7. The fourth-order valence-corrected chi connectivity index (χ4v) is 4.73. The Balaban J connectivity index is 1.79. The molecule has 1 aliphatic rings. The molecule has 27 heavy (non-hydrogen) atoms. The molecule has 3 heterocycles. The van der Waals surface area contributed by atoms with Gasteiger partial charge in [-0.05, 0) is 32.3 Å². The number of nitrogens with two attached hydrogens (primary N) is 1. The maximum atomic E-state index is 10.3. The number of nitrogen functional groups attached to an aromatic ring is 1. The van der Waals surface area contributed by atoms with Gasteiger partial charge in [-0.15, -0.1) is 11.3 Å². The van der Waals surface area contributed by atoms with Crippen molar-refractivity contribution in [3.63, 3.8) is 0 Å². The SMILES string of the molecule is Cc1nc(N)nc(N[C@@H]2C[C@H](C)[C@@H](O)[C@H]2O)c1-c1nc2c(C)nccc2s1. The second-order valence-corrected chi connectivity index (χ2v) is 8.13. The van der Waals surface area contributed by atoms with Crippen molar-refractivity contribution in [1.29, 1.82) is 0 Å². The smallest absolute Gasteiger partial charge is 0.222 e. The molecule has 9 heteroatoms. The van der Waals surface area contributed by atoms with E-state index < -0.39 is 12.2 Å². The Bertz CT molecular complexity index is 1010. The third-order valence-corrected chi connectivity index (χ3v) is 6.14. The average Bonchev–Trinajstić information content (AvgIpc) is 3.13. The number of hydrogen-bond donors (Lipinski definition) is 4. The van der Waals surface area contributed by atoms with E-state index >= 15 is 0 Å². The summed E-state index contributed by atoms with van der Waals surface area (Å²) >= 11 is 1.53. The van der Waals surface area contributed by atoms with Crippen molar-refractivity contribution in [2.45, 2.75) is 45.4 Å². The van der Waals surface area contributed by atoms with Gasteiger partial charge in [-0.1, -0.05) is 6.92 Å². The topological polar surface area (TPSA) is 130 Å². The van der Waals surface area contributed by atoms with Gasteiger partial charge in [0.15, 0.2) is 0 Å². The van der Waals surface area contributed by atoms with Crippen molar-refractivity contribution >= 4 is 33.3 Å². The highest BCUT2D eigenvalue weighted by molar-refractivity contribution is 7.21. The molecule has 0 spiro atoms. The van der Waals surface area contributed by atoms with Crippen LogP contribution in [0.2, 0.25) is 0 Å². The highest BCUT2D eigenvalue weighted by Gasteiger charge is 2.39. The number of rotatable bonds is 3. The summed E-state index contributed by atoms with van der Waals surface area (Å²) in [6.07, 6.45) is 0.768. The molecule has 4 rings (SSSR count). The quantitative estimate of drug-likeness (QED) is 0.537. The monoisotopic (exact) mass is 386 g/mol. The van der Waals surface area contributed by atoms with Crippen LogP contribution >= 0.6 is 11.3 Å². The first kappa shape index (κ1) is 18.0. The van der Waals surface area contributed by atoms with Crippen LogP contribution in [0.25, 0.3) is 20.8 Å². The van der Waals surface area contributed by atoms with Gasteiger partial charge in [0.2, 0.25) is 5.95 Å². The van der Waals surface area contributed by atoms with Crippen molar-refractivity contribution in [2.24, 2.45) is 5.92 Å². The third-order valence-electron chi connectivity index (χ3n) is 5.10. The first-order valence-corrected chi connectivity index (χ1v) is 9.66. The van der Waals surface area contributed by atoms with Crippen LogP contribution in [0.5, 0.6) is 0 Å². The normalized spacial score (nSPS) is 25.2. The van der Waals surface area contributed by atoms with Crippen LogP contribution in [0.15, 0.2) is 12.3 Å². The molecule has 0 amide bonds. The molecule has 0 saturated heterocycles. The molecule has 1 aliphatic carbocycles. The van der Waals surface area contributed by atoms with E-state index in [0.717, 1.165) is 26.5 Å². The summed E-state index contributed by atoms with van der Waals surface area (Å²) in [5.74, 6) is 0.672. The van der Waals surface area contributed by atoms with Crippen molar-refractivity contribution in [3.05, 3.63) is 23.7 Å². The molecule has 0 aliphatic heterocycles. The Morgan fingerprint density at radius 1 is 1.15 bits per heavy atom. The van der Waals surface area contributed by atoms with E-state index in [1.54, 1.807) is 6.20 Å². The van der Waals surface area contributed by atoms with Crippen LogP contribution in [0.3, 0.4) is 0 Å². The van der Waals surface area contributed by atoms with Crippen molar-refractivity contribution in [1.82, 2.24) is 19.9 Å². The number of aliphatic hydroxyl groups is 2. The van der Waals surface area contributed by atoms with Gasteiger partial charge in [0.05, 0.1) is 33.8 Å². The van der Waals surface area contributed by atoms with Gasteiger partial charge in [-0.2, -0.15) is 4.98 Å². The maximum absolute atomic E-state index is 10.3. The lowest BCUT2D eigenvalue weighted by Gasteiger charge is -2.20. The van der Waals surface area contributed by atoms with E-state index in [1.165, 1.54) is 11.3 Å². The molecule has 1 saturated carbocycles. The van der Waals surface area contributed by atoms with Crippen LogP contribution in [-0.4, -0.2) is 48.4 Å². The van der Waals surface area contributed by atoms with E-state index in [2.05, 4.69) is 20.3 Å². The predicted octanol–water partition coefficient (Wildman–Crippen LogP) is 1.89. The van der Waals surface area contributed by atoms with E-state index in [0.29, 0.717) is 17.9 Å². The minimum atomic E-state index is -0.869. The predicted molar refractivity (Wildman–Crippen MR) is 106 cm³/mol. The zero-order valence-electron chi connectivity index (χ0n) is 15.3. The van der Waals surface area contributed by atoms with E-state index in [9.17, 15) is 10.2 Å². The largest absolute Gasteiger partial charge is 0.390 e. The van der Waals surface area contributed by atoms with Gasteiger partial charge >= 0.3 is 0 Å². The molecule has 3 aromatic heterocycles. The zero-order chi connectivity index (χ0) is 19.3. The fourth-order valence-electron chi connectivity index (χ4n) is 3.62. The molecule has 5 N–H and O–H groups in total. The first-order valence-electron chi connectivity index (χ1n) is 8.84. The van der Waals surface area contributed by atoms with E-state index in [-0.39, 0.29) is 17.9 Å². The number of pyridine rings is 1. The van der Waals surface area contributed by atoms with Gasteiger partial charge in [0.25, 0.3) is 0 Å². The van der Waals surface area contributed by atoms with Crippen molar-refractivity contribution in [2.75, 3.05) is 11.1 Å². The number of aliphatic hydroxyl groups excluding tert-OH is 2. The number of nitrogens with one attached hydrogen (secondary N) is 1. The van der Waals surface area contributed by atoms with Gasteiger partial charge in [-0.3, -0.25) is 4.98 Å². The lowest BCUT2D eigenvalue weighted by molar-refractivity contribution is 0.0210. The maximum Gasteiger partial charge on any atom is 0.222 e. The van der Waals surface area contributed by atoms with Crippen molar-refractivity contribution in [3.8, 4) is 10.6 Å². The molecular weight excluding hydrogens is 364 g/mol. The second kappa shape index (κ2) is 6.66. The molecule has 0 aromatic carbocycles. The molecule has 142 valence electrons. The molecule has 0 bridgehead atoms. The van der Waals surface area contributed by atoms with Gasteiger partial charge in [0.1, 0.15) is 22.4 Å². The number of anilines is 2. The van der Waals surface area contributed by atoms with E-state index in [1.807, 2.05) is 26.8 Å². The minimum absolute atomic E-state index is 0.00240. The Kier molecular flexibility index (Phi) is 4.45. The highest BCUT2D eigenvalue weighted by Crippen LogP contribution is 2.38. The zero-order valence-corrected chi connectivity index (χ0v) is 16.2. The molecule has 0 radical (unpaired) electrons. The Morgan fingerprint density at radius 3 is 2.59 bits per heavy atom. The number of hydrogen-bond acceptors (Lipinski definition) is 9. The standard InChI is InChI=1S/C18H22N6O2S/c1-7-6-10(15(26)14(7)25)22-16-12(8(2)21-18(19)24-16)17-23-13-9(3)20-5-4-11(13)27-17/h4-5,7,10,14-15,25-26H,6H2,1-3H3,(H3,19,21,22,24)/t7-,10+,14+,15-/m0/s1. The van der Waals surface area contributed by atoms with Gasteiger partial charge < -0.3 is 21.3 Å². The number of aromatic nitrogens is 4. The van der Waals surface area contributed by atoms with E-state index in [4.69, 9.17) is 10.7 Å². The highest BCUT2D eigenvalue weighted by atomic mass is 32.1. The van der Waals surface area contributed by atoms with Crippen LogP contribution < -0.4 is 11.1 Å². The minimum Gasteiger partial charge on any atom is -0.390 e. The first-order chi connectivity index (χ1) is 12.8. The molecule has 3 aromatic rings. The summed E-state index contributed by atoms with van der Waals surface area (Å²) in [6.45, 7) is 5.70. The summed E-state index contributed by atoms with van der Waals surface area (Å²) in [5, 5.41) is 24.4. The number of fused-ring (bicyclic) bond motifs is 1. The molecule has 0 unspecified atom stereocenters. The van der Waals surface area contributed by atoms with Crippen LogP contribution in [0, 0.1) is 19.8 Å². The molecule has 4 atom stereocenters. The lowest BCUT2D eigenvalue weighted by atomic mass is 10.1. The number of nitrogens with zero attached hydrogens (tertiary/aromatic N) is 4. The molecular formula is C18H22N6O2S. The Morgan fingerprint density at radius 2 is 1.93 bits per heavy atom. The third kappa shape index (κ3) is 3.11. The second-order valence-electron chi connectivity index (χ2n) is 7.10. The Labute approximate surface area is 160 Å². The van der Waals surface area contributed by atoms with Gasteiger partial charge in [0, 0.05) is 6.20 Å². The molecule has 8 nitrogen and oxygen atoms in total.